The molecule has 0 bridgehead atoms. The number of aliphatic hydroxyl groups excluding tert-OH is 1. The van der Waals surface area contributed by atoms with E-state index in [1.165, 1.54) is 0 Å². The number of nitrogens with one attached hydrogen (secondary N) is 1. The molecule has 1 saturated carbocycles. The third kappa shape index (κ3) is 3.11. The number of nitrogens with zero attached hydrogens (tertiary/aromatic N) is 1. The van der Waals surface area contributed by atoms with Gasteiger partial charge in [-0.15, -0.1) is 0 Å². The molecule has 1 aromatic rings. The van der Waals surface area contributed by atoms with E-state index in [0.29, 0.717) is 5.56 Å². The molecule has 1 aliphatic carbocycles. The number of hydrogen-bond acceptors (Lipinski definition) is 4. The summed E-state index contributed by atoms with van der Waals surface area (Å²) in [5, 5.41) is 23.5. The Balaban J connectivity index is 2.04. The normalized spacial score (nSPS) is 18.1. The summed E-state index contributed by atoms with van der Waals surface area (Å²) in [4.78, 5) is 10.6. The molecule has 0 aromatic heterocycles. The standard InChI is InChI=1S/C14H20N2O3/c1-10-3-4-12(7-13(10)16(18)19)11(2)15-8-14(9-17)5-6-14/h3-4,7,11,15,17H,5-6,8-9H2,1-2H3. The van der Waals surface area contributed by atoms with Crippen molar-refractivity contribution in [2.45, 2.75) is 32.7 Å². The molecule has 0 aliphatic heterocycles. The Hall–Kier alpha value is -1.46. The Morgan fingerprint density at radius 2 is 2.21 bits per heavy atom. The Morgan fingerprint density at radius 3 is 2.74 bits per heavy atom. The van der Waals surface area contributed by atoms with Crippen molar-refractivity contribution in [2.75, 3.05) is 13.2 Å². The van der Waals surface area contributed by atoms with E-state index < -0.39 is 0 Å². The fraction of sp³-hybridized carbons (Fsp3) is 0.571. The quantitative estimate of drug-likeness (QED) is 0.610. The van der Waals surface area contributed by atoms with Crippen LogP contribution in [0.25, 0.3) is 0 Å². The highest BCUT2D eigenvalue weighted by atomic mass is 16.6. The van der Waals surface area contributed by atoms with Crippen LogP contribution in [0.1, 0.15) is 36.9 Å². The molecular weight excluding hydrogens is 244 g/mol. The van der Waals surface area contributed by atoms with Gasteiger partial charge in [-0.25, -0.2) is 0 Å². The number of benzene rings is 1. The van der Waals surface area contributed by atoms with Gasteiger partial charge >= 0.3 is 0 Å². The van der Waals surface area contributed by atoms with Gasteiger partial charge in [0.25, 0.3) is 5.69 Å². The number of rotatable bonds is 6. The average Bonchev–Trinajstić information content (AvgIpc) is 3.17. The molecule has 104 valence electrons. The van der Waals surface area contributed by atoms with Gasteiger partial charge in [-0.2, -0.15) is 0 Å². The maximum atomic E-state index is 10.9. The van der Waals surface area contributed by atoms with Gasteiger partial charge in [0.1, 0.15) is 0 Å². The summed E-state index contributed by atoms with van der Waals surface area (Å²) >= 11 is 0. The minimum absolute atomic E-state index is 0.0447. The molecular formula is C14H20N2O3. The Labute approximate surface area is 112 Å². The first-order valence-electron chi connectivity index (χ1n) is 6.57. The van der Waals surface area contributed by atoms with Crippen molar-refractivity contribution in [3.8, 4) is 0 Å². The zero-order valence-electron chi connectivity index (χ0n) is 11.3. The summed E-state index contributed by atoms with van der Waals surface area (Å²) in [6.45, 7) is 4.69. The lowest BCUT2D eigenvalue weighted by Crippen LogP contribution is -2.28. The molecule has 1 aromatic carbocycles. The molecule has 1 atom stereocenters. The Morgan fingerprint density at radius 1 is 1.53 bits per heavy atom. The van der Waals surface area contributed by atoms with Crippen LogP contribution in [-0.4, -0.2) is 23.2 Å². The third-order valence-electron chi connectivity index (χ3n) is 4.01. The first kappa shape index (κ1) is 14.0. The van der Waals surface area contributed by atoms with Crippen molar-refractivity contribution >= 4 is 5.69 Å². The largest absolute Gasteiger partial charge is 0.396 e. The zero-order valence-corrected chi connectivity index (χ0v) is 11.3. The van der Waals surface area contributed by atoms with E-state index in [1.807, 2.05) is 13.0 Å². The van der Waals surface area contributed by atoms with Gasteiger partial charge in [0.2, 0.25) is 0 Å². The fourth-order valence-electron chi connectivity index (χ4n) is 2.15. The van der Waals surface area contributed by atoms with Crippen LogP contribution in [-0.2, 0) is 0 Å². The summed E-state index contributed by atoms with van der Waals surface area (Å²) in [5.41, 5.74) is 1.79. The lowest BCUT2D eigenvalue weighted by atomic mass is 10.0. The lowest BCUT2D eigenvalue weighted by Gasteiger charge is -2.18. The zero-order chi connectivity index (χ0) is 14.0. The predicted octanol–water partition coefficient (Wildman–Crippen LogP) is 2.33. The smallest absolute Gasteiger partial charge is 0.272 e. The summed E-state index contributed by atoms with van der Waals surface area (Å²) in [5.74, 6) is 0. The van der Waals surface area contributed by atoms with Crippen LogP contribution in [0.4, 0.5) is 5.69 Å². The van der Waals surface area contributed by atoms with Gasteiger partial charge in [0.05, 0.1) is 4.92 Å². The van der Waals surface area contributed by atoms with E-state index in [-0.39, 0.29) is 28.7 Å². The van der Waals surface area contributed by atoms with Crippen LogP contribution in [0, 0.1) is 22.5 Å². The van der Waals surface area contributed by atoms with Gasteiger partial charge < -0.3 is 10.4 Å². The van der Waals surface area contributed by atoms with Gasteiger partial charge in [0.15, 0.2) is 0 Å². The summed E-state index contributed by atoms with van der Waals surface area (Å²) in [6, 6.07) is 5.37. The molecule has 5 heteroatoms. The molecule has 1 fully saturated rings. The van der Waals surface area contributed by atoms with E-state index >= 15 is 0 Å². The minimum Gasteiger partial charge on any atom is -0.396 e. The molecule has 0 amide bonds. The van der Waals surface area contributed by atoms with E-state index in [2.05, 4.69) is 5.32 Å². The number of aryl methyl sites for hydroxylation is 1. The highest BCUT2D eigenvalue weighted by Gasteiger charge is 2.41. The van der Waals surface area contributed by atoms with Crippen LogP contribution >= 0.6 is 0 Å². The van der Waals surface area contributed by atoms with Crippen molar-refractivity contribution in [3.05, 3.63) is 39.4 Å². The second kappa shape index (κ2) is 5.27. The average molecular weight is 264 g/mol. The van der Waals surface area contributed by atoms with Crippen LogP contribution in [0.3, 0.4) is 0 Å². The third-order valence-corrected chi connectivity index (χ3v) is 4.01. The molecule has 1 aliphatic rings. The van der Waals surface area contributed by atoms with Gasteiger partial charge in [0, 0.05) is 36.2 Å². The maximum absolute atomic E-state index is 10.9. The van der Waals surface area contributed by atoms with Crippen molar-refractivity contribution in [3.63, 3.8) is 0 Å². The highest BCUT2D eigenvalue weighted by molar-refractivity contribution is 5.43. The molecule has 0 spiro atoms. The molecule has 2 rings (SSSR count). The number of nitro groups is 1. The van der Waals surface area contributed by atoms with Crippen LogP contribution in [0.2, 0.25) is 0 Å². The van der Waals surface area contributed by atoms with Gasteiger partial charge in [-0.1, -0.05) is 12.1 Å². The number of nitro benzene ring substituents is 1. The number of hydrogen-bond donors (Lipinski definition) is 2. The lowest BCUT2D eigenvalue weighted by molar-refractivity contribution is -0.385. The summed E-state index contributed by atoms with van der Waals surface area (Å²) < 4.78 is 0. The van der Waals surface area contributed by atoms with E-state index in [1.54, 1.807) is 19.1 Å². The molecule has 0 heterocycles. The second-order valence-corrected chi connectivity index (χ2v) is 5.56. The SMILES string of the molecule is Cc1ccc(C(C)NCC2(CO)CC2)cc1[N+](=O)[O-]. The van der Waals surface area contributed by atoms with Crippen molar-refractivity contribution in [1.29, 1.82) is 0 Å². The van der Waals surface area contributed by atoms with Crippen LogP contribution in [0.15, 0.2) is 18.2 Å². The van der Waals surface area contributed by atoms with Crippen molar-refractivity contribution in [1.82, 2.24) is 5.32 Å². The first-order valence-corrected chi connectivity index (χ1v) is 6.57. The van der Waals surface area contributed by atoms with Crippen molar-refractivity contribution in [2.24, 2.45) is 5.41 Å². The van der Waals surface area contributed by atoms with Gasteiger partial charge in [-0.05, 0) is 32.3 Å². The molecule has 0 radical (unpaired) electrons. The summed E-state index contributed by atoms with van der Waals surface area (Å²) in [6.07, 6.45) is 2.11. The van der Waals surface area contributed by atoms with Crippen LogP contribution < -0.4 is 5.32 Å². The first-order chi connectivity index (χ1) is 8.97. The minimum atomic E-state index is -0.346. The second-order valence-electron chi connectivity index (χ2n) is 5.56. The molecule has 1 unspecified atom stereocenters. The number of aliphatic hydroxyl groups is 1. The molecule has 5 nitrogen and oxygen atoms in total. The van der Waals surface area contributed by atoms with Gasteiger partial charge in [-0.3, -0.25) is 10.1 Å². The molecule has 19 heavy (non-hydrogen) atoms. The predicted molar refractivity (Wildman–Crippen MR) is 73.0 cm³/mol. The Kier molecular flexibility index (Phi) is 3.87. The topological polar surface area (TPSA) is 75.4 Å². The molecule has 2 N–H and O–H groups in total. The van der Waals surface area contributed by atoms with E-state index in [0.717, 1.165) is 24.9 Å². The molecule has 0 saturated heterocycles. The summed E-state index contributed by atoms with van der Waals surface area (Å²) in [7, 11) is 0. The van der Waals surface area contributed by atoms with E-state index in [4.69, 9.17) is 0 Å². The van der Waals surface area contributed by atoms with Crippen molar-refractivity contribution < 1.29 is 10.0 Å². The highest BCUT2D eigenvalue weighted by Crippen LogP contribution is 2.44. The maximum Gasteiger partial charge on any atom is 0.272 e. The van der Waals surface area contributed by atoms with Crippen LogP contribution in [0.5, 0.6) is 0 Å². The van der Waals surface area contributed by atoms with E-state index in [9.17, 15) is 15.2 Å². The monoisotopic (exact) mass is 264 g/mol. The Bertz CT molecular complexity index is 484. The fourth-order valence-corrected chi connectivity index (χ4v) is 2.15.